The fraction of sp³-hybridized carbons (Fsp3) is 0.818. The lowest BCUT2D eigenvalue weighted by atomic mass is 10.1. The average Bonchev–Trinajstić information content (AvgIpc) is 2.63. The van der Waals surface area contributed by atoms with Crippen LogP contribution in [0, 0.1) is 5.92 Å². The molecule has 1 N–H and O–H groups in total. The van der Waals surface area contributed by atoms with E-state index in [1.165, 1.54) is 6.42 Å². The van der Waals surface area contributed by atoms with E-state index in [1.54, 1.807) is 0 Å². The van der Waals surface area contributed by atoms with Crippen LogP contribution < -0.4 is 5.32 Å². The third kappa shape index (κ3) is 5.37. The zero-order valence-corrected chi connectivity index (χ0v) is 9.05. The maximum atomic E-state index is 5.37. The summed E-state index contributed by atoms with van der Waals surface area (Å²) in [4.78, 5) is 0. The first-order chi connectivity index (χ1) is 6.79. The molecule has 0 bridgehead atoms. The van der Waals surface area contributed by atoms with Crippen LogP contribution in [0.3, 0.4) is 0 Å². The van der Waals surface area contributed by atoms with Crippen LogP contribution in [0.4, 0.5) is 0 Å². The van der Waals surface area contributed by atoms with Crippen molar-refractivity contribution in [3.05, 3.63) is 12.2 Å². The van der Waals surface area contributed by atoms with Crippen molar-refractivity contribution in [2.24, 2.45) is 5.92 Å². The van der Waals surface area contributed by atoms with Gasteiger partial charge in [-0.1, -0.05) is 12.2 Å². The second-order valence-electron chi connectivity index (χ2n) is 3.94. The summed E-state index contributed by atoms with van der Waals surface area (Å²) in [7, 11) is 0. The third-order valence-corrected chi connectivity index (χ3v) is 2.23. The number of rotatable bonds is 7. The Hall–Kier alpha value is -0.380. The van der Waals surface area contributed by atoms with E-state index in [0.717, 1.165) is 38.5 Å². The molecule has 1 saturated heterocycles. The molecule has 1 unspecified atom stereocenters. The van der Waals surface area contributed by atoms with E-state index in [2.05, 4.69) is 11.9 Å². The molecule has 0 aromatic rings. The summed E-state index contributed by atoms with van der Waals surface area (Å²) in [5.41, 5.74) is 1.08. The number of hydrogen-bond donors (Lipinski definition) is 1. The van der Waals surface area contributed by atoms with Crippen molar-refractivity contribution in [3.8, 4) is 0 Å². The highest BCUT2D eigenvalue weighted by Crippen LogP contribution is 2.10. The van der Waals surface area contributed by atoms with Gasteiger partial charge in [0.25, 0.3) is 0 Å². The highest BCUT2D eigenvalue weighted by atomic mass is 16.5. The molecule has 1 atom stereocenters. The molecule has 0 spiro atoms. The van der Waals surface area contributed by atoms with Gasteiger partial charge in [0.1, 0.15) is 0 Å². The number of nitrogens with one attached hydrogen (secondary N) is 1. The van der Waals surface area contributed by atoms with Crippen molar-refractivity contribution >= 4 is 0 Å². The van der Waals surface area contributed by atoms with Crippen molar-refractivity contribution in [1.29, 1.82) is 0 Å². The minimum atomic E-state index is 0.675. The first-order valence-electron chi connectivity index (χ1n) is 5.29. The summed E-state index contributed by atoms with van der Waals surface area (Å²) in [5, 5.41) is 3.37. The van der Waals surface area contributed by atoms with Crippen LogP contribution in [0.25, 0.3) is 0 Å². The normalized spacial score (nSPS) is 21.4. The zero-order chi connectivity index (χ0) is 10.2. The van der Waals surface area contributed by atoms with Crippen LogP contribution in [0.15, 0.2) is 12.2 Å². The Morgan fingerprint density at radius 3 is 3.14 bits per heavy atom. The van der Waals surface area contributed by atoms with Gasteiger partial charge in [-0.15, -0.1) is 0 Å². The monoisotopic (exact) mass is 199 g/mol. The van der Waals surface area contributed by atoms with Crippen LogP contribution in [-0.2, 0) is 9.47 Å². The molecule has 0 amide bonds. The lowest BCUT2D eigenvalue weighted by Crippen LogP contribution is -2.26. The van der Waals surface area contributed by atoms with E-state index in [-0.39, 0.29) is 0 Å². The molecule has 1 rings (SSSR count). The van der Waals surface area contributed by atoms with Gasteiger partial charge < -0.3 is 14.8 Å². The van der Waals surface area contributed by atoms with Crippen LogP contribution >= 0.6 is 0 Å². The average molecular weight is 199 g/mol. The predicted octanol–water partition coefficient (Wildman–Crippen LogP) is 1.21. The van der Waals surface area contributed by atoms with E-state index >= 15 is 0 Å². The van der Waals surface area contributed by atoms with E-state index in [4.69, 9.17) is 9.47 Å². The Bertz CT molecular complexity index is 165. The topological polar surface area (TPSA) is 30.5 Å². The summed E-state index contributed by atoms with van der Waals surface area (Å²) in [6, 6.07) is 0. The summed E-state index contributed by atoms with van der Waals surface area (Å²) in [5.74, 6) is 0.705. The smallest absolute Gasteiger partial charge is 0.0672 e. The quantitative estimate of drug-likeness (QED) is 0.494. The van der Waals surface area contributed by atoms with Crippen molar-refractivity contribution in [2.75, 3.05) is 39.5 Å². The predicted molar refractivity (Wildman–Crippen MR) is 57.4 cm³/mol. The SMILES string of the molecule is C=C(C)COCCNCC1CCOC1. The summed E-state index contributed by atoms with van der Waals surface area (Å²) in [6.45, 7) is 11.0. The van der Waals surface area contributed by atoms with Crippen molar-refractivity contribution < 1.29 is 9.47 Å². The molecule has 14 heavy (non-hydrogen) atoms. The molecule has 0 saturated carbocycles. The molecule has 0 aromatic heterocycles. The van der Waals surface area contributed by atoms with Gasteiger partial charge in [0.2, 0.25) is 0 Å². The second-order valence-corrected chi connectivity index (χ2v) is 3.94. The zero-order valence-electron chi connectivity index (χ0n) is 9.05. The molecule has 1 fully saturated rings. The molecule has 0 radical (unpaired) electrons. The van der Waals surface area contributed by atoms with Gasteiger partial charge in [-0.05, 0) is 19.3 Å². The maximum Gasteiger partial charge on any atom is 0.0672 e. The fourth-order valence-corrected chi connectivity index (χ4v) is 1.44. The summed E-state index contributed by atoms with van der Waals surface area (Å²) in [6.07, 6.45) is 1.19. The van der Waals surface area contributed by atoms with E-state index < -0.39 is 0 Å². The van der Waals surface area contributed by atoms with Crippen molar-refractivity contribution in [2.45, 2.75) is 13.3 Å². The maximum absolute atomic E-state index is 5.37. The molecule has 3 nitrogen and oxygen atoms in total. The van der Waals surface area contributed by atoms with Gasteiger partial charge in [-0.2, -0.15) is 0 Å². The Balaban J connectivity index is 1.82. The highest BCUT2D eigenvalue weighted by molar-refractivity contribution is 4.87. The molecule has 0 aliphatic carbocycles. The Kier molecular flexibility index (Phi) is 5.83. The van der Waals surface area contributed by atoms with Crippen molar-refractivity contribution in [3.63, 3.8) is 0 Å². The number of hydrogen-bond acceptors (Lipinski definition) is 3. The standard InChI is InChI=1S/C11H21NO2/c1-10(2)8-14-6-4-12-7-11-3-5-13-9-11/h11-12H,1,3-9H2,2H3. The minimum absolute atomic E-state index is 0.675. The van der Waals surface area contributed by atoms with E-state index in [0.29, 0.717) is 12.5 Å². The summed E-state index contributed by atoms with van der Waals surface area (Å²) >= 11 is 0. The Labute approximate surface area is 86.5 Å². The lowest BCUT2D eigenvalue weighted by Gasteiger charge is -2.09. The fourth-order valence-electron chi connectivity index (χ4n) is 1.44. The second kappa shape index (κ2) is 6.98. The van der Waals surface area contributed by atoms with Crippen molar-refractivity contribution in [1.82, 2.24) is 5.32 Å². The van der Waals surface area contributed by atoms with Crippen LogP contribution in [0.1, 0.15) is 13.3 Å². The van der Waals surface area contributed by atoms with Gasteiger partial charge in [0.05, 0.1) is 19.8 Å². The summed E-state index contributed by atoms with van der Waals surface area (Å²) < 4.78 is 10.7. The lowest BCUT2D eigenvalue weighted by molar-refractivity contribution is 0.155. The number of ether oxygens (including phenoxy) is 2. The molecular formula is C11H21NO2. The Morgan fingerprint density at radius 1 is 1.64 bits per heavy atom. The molecular weight excluding hydrogens is 178 g/mol. The molecule has 1 aliphatic rings. The molecule has 1 heterocycles. The molecule has 82 valence electrons. The van der Waals surface area contributed by atoms with E-state index in [1.807, 2.05) is 6.92 Å². The van der Waals surface area contributed by atoms with Gasteiger partial charge in [0.15, 0.2) is 0 Å². The first kappa shape index (κ1) is 11.7. The van der Waals surface area contributed by atoms with Crippen LogP contribution in [0.2, 0.25) is 0 Å². The van der Waals surface area contributed by atoms with Gasteiger partial charge in [-0.3, -0.25) is 0 Å². The van der Waals surface area contributed by atoms with Crippen LogP contribution in [0.5, 0.6) is 0 Å². The van der Waals surface area contributed by atoms with Gasteiger partial charge in [-0.25, -0.2) is 0 Å². The third-order valence-electron chi connectivity index (χ3n) is 2.23. The Morgan fingerprint density at radius 2 is 2.50 bits per heavy atom. The first-order valence-corrected chi connectivity index (χ1v) is 5.29. The van der Waals surface area contributed by atoms with E-state index in [9.17, 15) is 0 Å². The minimum Gasteiger partial charge on any atom is -0.381 e. The highest BCUT2D eigenvalue weighted by Gasteiger charge is 2.14. The molecule has 1 aliphatic heterocycles. The van der Waals surface area contributed by atoms with Gasteiger partial charge in [0, 0.05) is 19.7 Å². The molecule has 0 aromatic carbocycles. The van der Waals surface area contributed by atoms with Gasteiger partial charge >= 0.3 is 0 Å². The van der Waals surface area contributed by atoms with Crippen LogP contribution in [-0.4, -0.2) is 39.5 Å². The largest absolute Gasteiger partial charge is 0.381 e. The molecule has 3 heteroatoms.